The molecule has 0 aliphatic carbocycles. The van der Waals surface area contributed by atoms with Gasteiger partial charge in [0.05, 0.1) is 6.04 Å². The SMILES string of the molecule is CC(C)(C(=O)NC(CCO)C(C)(C)C)C1=NC(C(C)(C)C)CO1. The Morgan fingerprint density at radius 2 is 1.83 bits per heavy atom. The van der Waals surface area contributed by atoms with Crippen molar-refractivity contribution in [3.05, 3.63) is 0 Å². The van der Waals surface area contributed by atoms with Crippen LogP contribution in [0.2, 0.25) is 0 Å². The summed E-state index contributed by atoms with van der Waals surface area (Å²) in [6.07, 6.45) is 0.531. The molecule has 0 aromatic rings. The van der Waals surface area contributed by atoms with Crippen molar-refractivity contribution < 1.29 is 14.6 Å². The van der Waals surface area contributed by atoms with Crippen LogP contribution in [0.5, 0.6) is 0 Å². The van der Waals surface area contributed by atoms with Crippen LogP contribution in [-0.4, -0.2) is 42.2 Å². The summed E-state index contributed by atoms with van der Waals surface area (Å²) in [5.41, 5.74) is -0.932. The number of hydrogen-bond donors (Lipinski definition) is 2. The number of rotatable bonds is 5. The largest absolute Gasteiger partial charge is 0.478 e. The maximum atomic E-state index is 12.8. The first-order valence-electron chi connectivity index (χ1n) is 8.43. The molecule has 1 aliphatic rings. The number of hydrogen-bond acceptors (Lipinski definition) is 4. The molecule has 5 heteroatoms. The van der Waals surface area contributed by atoms with E-state index in [4.69, 9.17) is 4.74 Å². The number of nitrogens with zero attached hydrogens (tertiary/aromatic N) is 1. The predicted octanol–water partition coefficient (Wildman–Crippen LogP) is 2.77. The minimum atomic E-state index is -0.820. The Labute approximate surface area is 140 Å². The molecule has 5 nitrogen and oxygen atoms in total. The van der Waals surface area contributed by atoms with Crippen LogP contribution >= 0.6 is 0 Å². The highest BCUT2D eigenvalue weighted by molar-refractivity contribution is 6.04. The summed E-state index contributed by atoms with van der Waals surface area (Å²) in [6.45, 7) is 16.8. The van der Waals surface area contributed by atoms with Crippen molar-refractivity contribution in [2.75, 3.05) is 13.2 Å². The van der Waals surface area contributed by atoms with Crippen LogP contribution < -0.4 is 5.32 Å². The van der Waals surface area contributed by atoms with Gasteiger partial charge in [0.25, 0.3) is 0 Å². The van der Waals surface area contributed by atoms with Gasteiger partial charge in [0, 0.05) is 12.6 Å². The number of aliphatic hydroxyl groups is 1. The Kier molecular flexibility index (Phi) is 5.89. The van der Waals surface area contributed by atoms with Gasteiger partial charge in [-0.1, -0.05) is 41.5 Å². The van der Waals surface area contributed by atoms with Gasteiger partial charge in [-0.3, -0.25) is 4.79 Å². The lowest BCUT2D eigenvalue weighted by molar-refractivity contribution is -0.128. The summed E-state index contributed by atoms with van der Waals surface area (Å²) in [4.78, 5) is 17.4. The molecule has 0 saturated carbocycles. The van der Waals surface area contributed by atoms with Crippen molar-refractivity contribution >= 4 is 11.8 Å². The summed E-state index contributed by atoms with van der Waals surface area (Å²) >= 11 is 0. The second-order valence-electron chi connectivity index (χ2n) is 9.16. The number of aliphatic imine (C=N–C) groups is 1. The molecule has 2 atom stereocenters. The van der Waals surface area contributed by atoms with E-state index in [-0.39, 0.29) is 35.4 Å². The highest BCUT2D eigenvalue weighted by Crippen LogP contribution is 2.32. The van der Waals surface area contributed by atoms with E-state index in [1.165, 1.54) is 0 Å². The molecule has 1 aliphatic heterocycles. The second kappa shape index (κ2) is 6.80. The standard InChI is InChI=1S/C18H34N2O3/c1-16(2,3)12(9-10-21)19-14(22)18(7,8)15-20-13(11-23-15)17(4,5)6/h12-13,21H,9-11H2,1-8H3,(H,19,22). The first kappa shape index (κ1) is 19.9. The maximum absolute atomic E-state index is 12.8. The lowest BCUT2D eigenvalue weighted by Gasteiger charge is -2.34. The summed E-state index contributed by atoms with van der Waals surface area (Å²) in [6, 6.07) is -0.0277. The fourth-order valence-electron chi connectivity index (χ4n) is 2.45. The topological polar surface area (TPSA) is 70.9 Å². The Bertz CT molecular complexity index is 456. The molecular formula is C18H34N2O3. The van der Waals surface area contributed by atoms with Crippen molar-refractivity contribution in [3.63, 3.8) is 0 Å². The third kappa shape index (κ3) is 4.93. The van der Waals surface area contributed by atoms with Crippen molar-refractivity contribution in [2.45, 2.75) is 73.9 Å². The van der Waals surface area contributed by atoms with E-state index >= 15 is 0 Å². The van der Waals surface area contributed by atoms with Gasteiger partial charge in [-0.15, -0.1) is 0 Å². The lowest BCUT2D eigenvalue weighted by atomic mass is 9.83. The molecule has 1 rings (SSSR count). The number of aliphatic hydroxyl groups excluding tert-OH is 1. The van der Waals surface area contributed by atoms with Gasteiger partial charge in [0.15, 0.2) is 5.90 Å². The van der Waals surface area contributed by atoms with E-state index in [2.05, 4.69) is 51.9 Å². The fraction of sp³-hybridized carbons (Fsp3) is 0.889. The molecule has 0 fully saturated rings. The minimum absolute atomic E-state index is 0.0130. The zero-order valence-corrected chi connectivity index (χ0v) is 16.0. The highest BCUT2D eigenvalue weighted by Gasteiger charge is 2.42. The summed E-state index contributed by atoms with van der Waals surface area (Å²) in [5, 5.41) is 12.3. The van der Waals surface area contributed by atoms with E-state index < -0.39 is 5.41 Å². The first-order valence-corrected chi connectivity index (χ1v) is 8.43. The molecule has 0 bridgehead atoms. The van der Waals surface area contributed by atoms with Crippen molar-refractivity contribution in [1.29, 1.82) is 0 Å². The minimum Gasteiger partial charge on any atom is -0.478 e. The molecule has 134 valence electrons. The van der Waals surface area contributed by atoms with Crippen molar-refractivity contribution in [1.82, 2.24) is 5.32 Å². The van der Waals surface area contributed by atoms with Crippen molar-refractivity contribution in [2.24, 2.45) is 21.2 Å². The molecule has 0 aromatic carbocycles. The Morgan fingerprint density at radius 3 is 2.22 bits per heavy atom. The zero-order chi connectivity index (χ0) is 18.1. The Morgan fingerprint density at radius 1 is 1.26 bits per heavy atom. The summed E-state index contributed by atoms with van der Waals surface area (Å²) in [7, 11) is 0. The average Bonchev–Trinajstić information content (AvgIpc) is 2.86. The van der Waals surface area contributed by atoms with Crippen LogP contribution in [0.1, 0.15) is 61.8 Å². The van der Waals surface area contributed by atoms with Gasteiger partial charge < -0.3 is 15.2 Å². The monoisotopic (exact) mass is 326 g/mol. The van der Waals surface area contributed by atoms with Gasteiger partial charge in [-0.2, -0.15) is 0 Å². The van der Waals surface area contributed by atoms with E-state index in [9.17, 15) is 9.90 Å². The Balaban J connectivity index is 2.89. The quantitative estimate of drug-likeness (QED) is 0.816. The lowest BCUT2D eigenvalue weighted by Crippen LogP contribution is -2.51. The van der Waals surface area contributed by atoms with Crippen LogP contribution in [-0.2, 0) is 9.53 Å². The van der Waals surface area contributed by atoms with Crippen LogP contribution in [0.25, 0.3) is 0 Å². The predicted molar refractivity (Wildman–Crippen MR) is 93.5 cm³/mol. The molecule has 0 saturated heterocycles. The highest BCUT2D eigenvalue weighted by atomic mass is 16.5. The summed E-state index contributed by atoms with van der Waals surface area (Å²) in [5.74, 6) is 0.394. The first-order chi connectivity index (χ1) is 10.3. The van der Waals surface area contributed by atoms with Gasteiger partial charge in [0.2, 0.25) is 5.91 Å². The van der Waals surface area contributed by atoms with Gasteiger partial charge >= 0.3 is 0 Å². The van der Waals surface area contributed by atoms with Gasteiger partial charge in [-0.05, 0) is 31.1 Å². The van der Waals surface area contributed by atoms with Gasteiger partial charge in [-0.25, -0.2) is 4.99 Å². The van der Waals surface area contributed by atoms with E-state index in [0.717, 1.165) is 0 Å². The van der Waals surface area contributed by atoms with Crippen LogP contribution in [0.4, 0.5) is 0 Å². The van der Waals surface area contributed by atoms with E-state index in [1.54, 1.807) is 0 Å². The smallest absolute Gasteiger partial charge is 0.235 e. The molecule has 0 spiro atoms. The van der Waals surface area contributed by atoms with Crippen LogP contribution in [0.15, 0.2) is 4.99 Å². The number of carbonyl (C=O) groups is 1. The van der Waals surface area contributed by atoms with Gasteiger partial charge in [0.1, 0.15) is 12.0 Å². The molecule has 1 amide bonds. The summed E-state index contributed by atoms with van der Waals surface area (Å²) < 4.78 is 5.74. The maximum Gasteiger partial charge on any atom is 0.235 e. The molecule has 2 N–H and O–H groups in total. The average molecular weight is 326 g/mol. The molecule has 1 heterocycles. The third-order valence-corrected chi connectivity index (χ3v) is 4.52. The molecule has 0 aromatic heterocycles. The molecule has 0 radical (unpaired) electrons. The number of ether oxygens (including phenoxy) is 1. The van der Waals surface area contributed by atoms with E-state index in [0.29, 0.717) is 18.9 Å². The van der Waals surface area contributed by atoms with E-state index in [1.807, 2.05) is 13.8 Å². The third-order valence-electron chi connectivity index (χ3n) is 4.52. The zero-order valence-electron chi connectivity index (χ0n) is 16.0. The number of amides is 1. The fourth-order valence-corrected chi connectivity index (χ4v) is 2.45. The molecule has 23 heavy (non-hydrogen) atoms. The van der Waals surface area contributed by atoms with Crippen LogP contribution in [0, 0.1) is 16.2 Å². The second-order valence-corrected chi connectivity index (χ2v) is 9.16. The number of nitrogens with one attached hydrogen (secondary N) is 1. The molecular weight excluding hydrogens is 292 g/mol. The van der Waals surface area contributed by atoms with Crippen molar-refractivity contribution in [3.8, 4) is 0 Å². The normalized spacial score (nSPS) is 20.7. The Hall–Kier alpha value is -1.10. The number of carbonyl (C=O) groups excluding carboxylic acids is 1. The van der Waals surface area contributed by atoms with Crippen LogP contribution in [0.3, 0.4) is 0 Å². The molecule has 2 unspecified atom stereocenters.